The molecule has 0 fully saturated rings. The van der Waals surface area contributed by atoms with Crippen molar-refractivity contribution in [2.45, 2.75) is 25.7 Å². The second-order valence-corrected chi connectivity index (χ2v) is 8.46. The van der Waals surface area contributed by atoms with Gasteiger partial charge in [0.25, 0.3) is 0 Å². The number of thiophene rings is 1. The number of rotatable bonds is 3. The van der Waals surface area contributed by atoms with E-state index in [1.165, 1.54) is 40.0 Å². The van der Waals surface area contributed by atoms with E-state index in [1.807, 2.05) is 12.1 Å². The zero-order chi connectivity index (χ0) is 18.3. The fraction of sp³-hybridized carbons (Fsp3) is 0.190. The predicted octanol–water partition coefficient (Wildman–Crippen LogP) is 6.37. The molecule has 0 saturated heterocycles. The van der Waals surface area contributed by atoms with Crippen molar-refractivity contribution in [2.24, 2.45) is 0 Å². The molecule has 0 spiro atoms. The molecule has 1 aromatic heterocycles. The molecule has 0 N–H and O–H groups in total. The van der Waals surface area contributed by atoms with Crippen LogP contribution in [0.25, 0.3) is 11.1 Å². The Morgan fingerprint density at radius 2 is 1.81 bits per heavy atom. The molecule has 1 nitrogen and oxygen atoms in total. The molecule has 0 saturated carbocycles. The standard InChI is InChI=1S/C21H15BrF2OS/c22-13-8-7-12-3-1-6-20-15(14(12)9-13)11-21(26-20)19(25)10-16-17(23)4-2-5-18(16)24/h2,4-5,7-9,11H,1,3,6,10H2. The van der Waals surface area contributed by atoms with Crippen molar-refractivity contribution in [2.75, 3.05) is 0 Å². The summed E-state index contributed by atoms with van der Waals surface area (Å²) in [6, 6.07) is 11.8. The SMILES string of the molecule is O=C(Cc1c(F)cccc1F)c1cc2c(s1)CCCc1ccc(Br)cc1-2. The van der Waals surface area contributed by atoms with E-state index in [0.29, 0.717) is 4.88 Å². The minimum Gasteiger partial charge on any atom is -0.293 e. The summed E-state index contributed by atoms with van der Waals surface area (Å²) in [4.78, 5) is 14.4. The first-order valence-corrected chi connectivity index (χ1v) is 10.0. The maximum Gasteiger partial charge on any atom is 0.177 e. The number of ketones is 1. The molecule has 4 rings (SSSR count). The van der Waals surface area contributed by atoms with Crippen LogP contribution in [0.4, 0.5) is 8.78 Å². The Hall–Kier alpha value is -1.85. The monoisotopic (exact) mass is 432 g/mol. The van der Waals surface area contributed by atoms with Gasteiger partial charge < -0.3 is 0 Å². The Morgan fingerprint density at radius 1 is 1.04 bits per heavy atom. The zero-order valence-electron chi connectivity index (χ0n) is 13.8. The number of hydrogen-bond acceptors (Lipinski definition) is 2. The van der Waals surface area contributed by atoms with Crippen LogP contribution in [0.1, 0.15) is 32.1 Å². The number of carbonyl (C=O) groups excluding carboxylic acids is 1. The fourth-order valence-corrected chi connectivity index (χ4v) is 4.90. The quantitative estimate of drug-likeness (QED) is 0.439. The summed E-state index contributed by atoms with van der Waals surface area (Å²) in [5.74, 6) is -1.60. The van der Waals surface area contributed by atoms with Gasteiger partial charge in [0.1, 0.15) is 11.6 Å². The van der Waals surface area contributed by atoms with Crippen LogP contribution in [-0.4, -0.2) is 5.78 Å². The van der Waals surface area contributed by atoms with Gasteiger partial charge in [-0.2, -0.15) is 0 Å². The van der Waals surface area contributed by atoms with E-state index in [2.05, 4.69) is 28.1 Å². The van der Waals surface area contributed by atoms with Gasteiger partial charge in [-0.05, 0) is 66.3 Å². The van der Waals surface area contributed by atoms with E-state index < -0.39 is 11.6 Å². The van der Waals surface area contributed by atoms with Gasteiger partial charge in [-0.25, -0.2) is 8.78 Å². The predicted molar refractivity (Wildman–Crippen MR) is 104 cm³/mol. The highest BCUT2D eigenvalue weighted by atomic mass is 79.9. The normalized spacial score (nSPS) is 13.0. The molecule has 1 aliphatic carbocycles. The van der Waals surface area contributed by atoms with Crippen molar-refractivity contribution in [1.82, 2.24) is 0 Å². The molecule has 2 aromatic carbocycles. The van der Waals surface area contributed by atoms with E-state index in [-0.39, 0.29) is 17.8 Å². The van der Waals surface area contributed by atoms with Crippen molar-refractivity contribution in [3.05, 3.63) is 79.5 Å². The fourth-order valence-electron chi connectivity index (χ4n) is 3.39. The molecule has 132 valence electrons. The van der Waals surface area contributed by atoms with Crippen LogP contribution in [-0.2, 0) is 19.3 Å². The molecule has 0 amide bonds. The Bertz CT molecular complexity index is 989. The second-order valence-electron chi connectivity index (χ2n) is 6.40. The number of hydrogen-bond donors (Lipinski definition) is 0. The molecular weight excluding hydrogens is 418 g/mol. The van der Waals surface area contributed by atoms with E-state index >= 15 is 0 Å². The number of aryl methyl sites for hydroxylation is 2. The lowest BCUT2D eigenvalue weighted by molar-refractivity contribution is 0.0994. The van der Waals surface area contributed by atoms with Gasteiger partial charge in [-0.15, -0.1) is 11.3 Å². The second kappa shape index (κ2) is 7.05. The molecule has 0 bridgehead atoms. The Balaban J connectivity index is 1.71. The van der Waals surface area contributed by atoms with Crippen molar-refractivity contribution in [3.8, 4) is 11.1 Å². The summed E-state index contributed by atoms with van der Waals surface area (Å²) >= 11 is 4.96. The Kier molecular flexibility index (Phi) is 4.76. The third-order valence-electron chi connectivity index (χ3n) is 4.69. The van der Waals surface area contributed by atoms with Crippen molar-refractivity contribution < 1.29 is 13.6 Å². The topological polar surface area (TPSA) is 17.1 Å². The van der Waals surface area contributed by atoms with Gasteiger partial charge in [0.15, 0.2) is 5.78 Å². The maximum atomic E-state index is 13.9. The van der Waals surface area contributed by atoms with Crippen LogP contribution in [0.3, 0.4) is 0 Å². The lowest BCUT2D eigenvalue weighted by Crippen LogP contribution is -2.05. The Labute approximate surface area is 162 Å². The number of benzene rings is 2. The molecule has 5 heteroatoms. The number of halogens is 3. The van der Waals surface area contributed by atoms with Crippen LogP contribution in [0.2, 0.25) is 0 Å². The molecule has 0 aliphatic heterocycles. The van der Waals surface area contributed by atoms with Crippen LogP contribution in [0.15, 0.2) is 46.9 Å². The maximum absolute atomic E-state index is 13.9. The average Bonchev–Trinajstić information content (AvgIpc) is 2.96. The molecule has 3 aromatic rings. The summed E-state index contributed by atoms with van der Waals surface area (Å²) in [7, 11) is 0. The number of fused-ring (bicyclic) bond motifs is 3. The van der Waals surface area contributed by atoms with Gasteiger partial charge in [-0.3, -0.25) is 4.79 Å². The van der Waals surface area contributed by atoms with E-state index in [9.17, 15) is 13.6 Å². The summed E-state index contributed by atoms with van der Waals surface area (Å²) in [6.45, 7) is 0. The van der Waals surface area contributed by atoms with E-state index in [1.54, 1.807) is 0 Å². The van der Waals surface area contributed by atoms with Crippen molar-refractivity contribution >= 4 is 33.0 Å². The number of Topliss-reactive ketones (excluding diaryl/α,β-unsaturated/α-hetero) is 1. The third-order valence-corrected chi connectivity index (χ3v) is 6.42. The van der Waals surface area contributed by atoms with Gasteiger partial charge in [0.2, 0.25) is 0 Å². The molecule has 0 unspecified atom stereocenters. The Morgan fingerprint density at radius 3 is 2.58 bits per heavy atom. The van der Waals surface area contributed by atoms with Crippen LogP contribution in [0.5, 0.6) is 0 Å². The van der Waals surface area contributed by atoms with Gasteiger partial charge in [0, 0.05) is 21.3 Å². The molecule has 1 aliphatic rings. The van der Waals surface area contributed by atoms with E-state index in [4.69, 9.17) is 0 Å². The largest absolute Gasteiger partial charge is 0.293 e. The first-order chi connectivity index (χ1) is 12.5. The first-order valence-electron chi connectivity index (χ1n) is 8.40. The van der Waals surface area contributed by atoms with Crippen molar-refractivity contribution in [3.63, 3.8) is 0 Å². The minimum atomic E-state index is -0.675. The highest BCUT2D eigenvalue weighted by Gasteiger charge is 2.22. The van der Waals surface area contributed by atoms with Crippen LogP contribution in [0, 0.1) is 11.6 Å². The summed E-state index contributed by atoms with van der Waals surface area (Å²) in [6.07, 6.45) is 2.68. The lowest BCUT2D eigenvalue weighted by atomic mass is 9.99. The summed E-state index contributed by atoms with van der Waals surface area (Å²) < 4.78 is 28.7. The highest BCUT2D eigenvalue weighted by molar-refractivity contribution is 9.10. The minimum absolute atomic E-state index is 0.163. The molecule has 0 atom stereocenters. The molecule has 0 radical (unpaired) electrons. The molecular formula is C21H15BrF2OS. The molecule has 26 heavy (non-hydrogen) atoms. The van der Waals surface area contributed by atoms with Gasteiger partial charge in [0.05, 0.1) is 4.88 Å². The van der Waals surface area contributed by atoms with Crippen LogP contribution < -0.4 is 0 Å². The summed E-state index contributed by atoms with van der Waals surface area (Å²) in [5.41, 5.74) is 3.31. The van der Waals surface area contributed by atoms with Gasteiger partial charge >= 0.3 is 0 Å². The smallest absolute Gasteiger partial charge is 0.177 e. The lowest BCUT2D eigenvalue weighted by Gasteiger charge is -2.06. The van der Waals surface area contributed by atoms with Crippen LogP contribution >= 0.6 is 27.3 Å². The van der Waals surface area contributed by atoms with Crippen molar-refractivity contribution in [1.29, 1.82) is 0 Å². The zero-order valence-corrected chi connectivity index (χ0v) is 16.2. The van der Waals surface area contributed by atoms with E-state index in [0.717, 1.165) is 34.9 Å². The average molecular weight is 433 g/mol. The highest BCUT2D eigenvalue weighted by Crippen LogP contribution is 2.39. The molecule has 1 heterocycles. The number of carbonyl (C=O) groups is 1. The van der Waals surface area contributed by atoms with Gasteiger partial charge in [-0.1, -0.05) is 28.1 Å². The summed E-state index contributed by atoms with van der Waals surface area (Å²) in [5, 5.41) is 0. The first kappa shape index (κ1) is 17.6. The third kappa shape index (κ3) is 3.26.